The molecule has 1 aliphatic rings. The Morgan fingerprint density at radius 1 is 1.35 bits per heavy atom. The van der Waals surface area contributed by atoms with Crippen molar-refractivity contribution in [1.29, 1.82) is 0 Å². The maximum absolute atomic E-state index is 12.6. The van der Waals surface area contributed by atoms with Crippen LogP contribution >= 0.6 is 0 Å². The average molecular weight is 360 g/mol. The number of hydrogen-bond donors (Lipinski definition) is 0. The average Bonchev–Trinajstić information content (AvgIpc) is 3.26. The van der Waals surface area contributed by atoms with Gasteiger partial charge in [0.25, 0.3) is 0 Å². The highest BCUT2D eigenvalue weighted by Gasteiger charge is 2.27. The molecule has 0 aliphatic carbocycles. The molecule has 0 unspecified atom stereocenters. The predicted octanol–water partition coefficient (Wildman–Crippen LogP) is 0.536. The summed E-state index contributed by atoms with van der Waals surface area (Å²) in [6.45, 7) is 5.83. The number of tetrazole rings is 1. The van der Waals surface area contributed by atoms with Gasteiger partial charge in [-0.25, -0.2) is 9.67 Å². The number of amides is 1. The summed E-state index contributed by atoms with van der Waals surface area (Å²) in [7, 11) is 4.15. The molecule has 2 aromatic rings. The number of aryl methyl sites for hydroxylation is 2. The SMILES string of the molecule is Cc1nnnn1CCC(=O)N1CCC[C@@H](c2nccn2CCN(C)C)C1. The molecule has 3 rings (SSSR count). The van der Waals surface area contributed by atoms with Gasteiger partial charge in [-0.1, -0.05) is 0 Å². The lowest BCUT2D eigenvalue weighted by molar-refractivity contribution is -0.132. The van der Waals surface area contributed by atoms with E-state index in [1.54, 1.807) is 4.68 Å². The molecular weight excluding hydrogens is 332 g/mol. The fourth-order valence-electron chi connectivity index (χ4n) is 3.41. The quantitative estimate of drug-likeness (QED) is 0.716. The topological polar surface area (TPSA) is 85.0 Å². The largest absolute Gasteiger partial charge is 0.342 e. The summed E-state index contributed by atoms with van der Waals surface area (Å²) >= 11 is 0. The van der Waals surface area contributed by atoms with Gasteiger partial charge in [0.05, 0.1) is 6.54 Å². The highest BCUT2D eigenvalue weighted by molar-refractivity contribution is 5.76. The fourth-order valence-corrected chi connectivity index (χ4v) is 3.41. The standard InChI is InChI=1S/C17H28N8O/c1-14-19-20-21-25(14)9-6-16(26)24-8-4-5-15(13-24)17-18-7-10-23(17)12-11-22(2)3/h7,10,15H,4-6,8-9,11-13H2,1-3H3/t15-/m1/s1. The van der Waals surface area contributed by atoms with Crippen molar-refractivity contribution in [1.82, 2.24) is 39.6 Å². The smallest absolute Gasteiger partial charge is 0.224 e. The van der Waals surface area contributed by atoms with Crippen LogP contribution in [0.4, 0.5) is 0 Å². The second kappa shape index (κ2) is 8.39. The van der Waals surface area contributed by atoms with E-state index >= 15 is 0 Å². The third-order valence-corrected chi connectivity index (χ3v) is 4.92. The van der Waals surface area contributed by atoms with Gasteiger partial charge in [0.1, 0.15) is 11.6 Å². The Kier molecular flexibility index (Phi) is 5.97. The summed E-state index contributed by atoms with van der Waals surface area (Å²) in [5.41, 5.74) is 0. The van der Waals surface area contributed by atoms with Crippen molar-refractivity contribution in [2.45, 2.75) is 45.2 Å². The van der Waals surface area contributed by atoms with E-state index in [0.29, 0.717) is 18.9 Å². The molecule has 1 saturated heterocycles. The van der Waals surface area contributed by atoms with E-state index in [1.165, 1.54) is 0 Å². The third-order valence-electron chi connectivity index (χ3n) is 4.92. The van der Waals surface area contributed by atoms with E-state index in [1.807, 2.05) is 24.2 Å². The number of nitrogens with zero attached hydrogens (tertiary/aromatic N) is 8. The Balaban J connectivity index is 1.58. The Morgan fingerprint density at radius 2 is 2.19 bits per heavy atom. The van der Waals surface area contributed by atoms with Crippen LogP contribution in [0.2, 0.25) is 0 Å². The summed E-state index contributed by atoms with van der Waals surface area (Å²) in [5.74, 6) is 2.30. The Morgan fingerprint density at radius 3 is 2.92 bits per heavy atom. The van der Waals surface area contributed by atoms with Crippen LogP contribution in [0.25, 0.3) is 0 Å². The summed E-state index contributed by atoms with van der Waals surface area (Å²) in [6, 6.07) is 0. The minimum Gasteiger partial charge on any atom is -0.342 e. The molecule has 26 heavy (non-hydrogen) atoms. The van der Waals surface area contributed by atoms with Gasteiger partial charge < -0.3 is 14.4 Å². The molecule has 2 aromatic heterocycles. The van der Waals surface area contributed by atoms with Crippen LogP contribution in [-0.2, 0) is 17.9 Å². The first kappa shape index (κ1) is 18.5. The van der Waals surface area contributed by atoms with Crippen molar-refractivity contribution in [2.24, 2.45) is 0 Å². The highest BCUT2D eigenvalue weighted by atomic mass is 16.2. The van der Waals surface area contributed by atoms with E-state index < -0.39 is 0 Å². The summed E-state index contributed by atoms with van der Waals surface area (Å²) in [6.07, 6.45) is 6.43. The molecule has 9 nitrogen and oxygen atoms in total. The van der Waals surface area contributed by atoms with Crippen LogP contribution in [0.1, 0.15) is 36.8 Å². The van der Waals surface area contributed by atoms with Crippen LogP contribution < -0.4 is 0 Å². The molecule has 3 heterocycles. The van der Waals surface area contributed by atoms with Gasteiger partial charge in [-0.3, -0.25) is 4.79 Å². The number of imidazole rings is 1. The summed E-state index contributed by atoms with van der Waals surface area (Å²) in [4.78, 5) is 21.4. The third kappa shape index (κ3) is 4.46. The van der Waals surface area contributed by atoms with Gasteiger partial charge >= 0.3 is 0 Å². The van der Waals surface area contributed by atoms with E-state index in [9.17, 15) is 4.79 Å². The van der Waals surface area contributed by atoms with Crippen molar-refractivity contribution in [2.75, 3.05) is 33.7 Å². The van der Waals surface area contributed by atoms with E-state index in [4.69, 9.17) is 0 Å². The molecule has 1 atom stereocenters. The number of likely N-dealkylation sites (N-methyl/N-ethyl adjacent to an activating group) is 1. The van der Waals surface area contributed by atoms with Gasteiger partial charge in [-0.15, -0.1) is 5.10 Å². The Labute approximate surface area is 154 Å². The minimum atomic E-state index is 0.163. The van der Waals surface area contributed by atoms with Gasteiger partial charge in [0, 0.05) is 50.9 Å². The Bertz CT molecular complexity index is 722. The monoisotopic (exact) mass is 360 g/mol. The van der Waals surface area contributed by atoms with E-state index in [0.717, 1.165) is 50.7 Å². The van der Waals surface area contributed by atoms with Crippen LogP contribution in [-0.4, -0.2) is 79.2 Å². The predicted molar refractivity (Wildman–Crippen MR) is 96.5 cm³/mol. The number of likely N-dealkylation sites (tertiary alicyclic amines) is 1. The second-order valence-corrected chi connectivity index (χ2v) is 7.16. The first-order valence-corrected chi connectivity index (χ1v) is 9.21. The maximum Gasteiger partial charge on any atom is 0.224 e. The van der Waals surface area contributed by atoms with Crippen LogP contribution in [0.3, 0.4) is 0 Å². The zero-order valence-corrected chi connectivity index (χ0v) is 15.9. The van der Waals surface area contributed by atoms with Crippen molar-refractivity contribution in [3.05, 3.63) is 24.0 Å². The summed E-state index contributed by atoms with van der Waals surface area (Å²) < 4.78 is 3.90. The fraction of sp³-hybridized carbons (Fsp3) is 0.706. The number of piperidine rings is 1. The first-order valence-electron chi connectivity index (χ1n) is 9.21. The lowest BCUT2D eigenvalue weighted by Crippen LogP contribution is -2.40. The van der Waals surface area contributed by atoms with Crippen LogP contribution in [0, 0.1) is 6.92 Å². The van der Waals surface area contributed by atoms with Gasteiger partial charge in [-0.2, -0.15) is 0 Å². The van der Waals surface area contributed by atoms with Gasteiger partial charge in [0.15, 0.2) is 0 Å². The van der Waals surface area contributed by atoms with Gasteiger partial charge in [0.2, 0.25) is 5.91 Å². The molecule has 1 amide bonds. The number of rotatable bonds is 7. The van der Waals surface area contributed by atoms with E-state index in [2.05, 4.69) is 44.1 Å². The van der Waals surface area contributed by atoms with E-state index in [-0.39, 0.29) is 5.91 Å². The van der Waals surface area contributed by atoms with Gasteiger partial charge in [-0.05, 0) is 44.3 Å². The van der Waals surface area contributed by atoms with Crippen molar-refractivity contribution in [3.63, 3.8) is 0 Å². The Hall–Kier alpha value is -2.29. The highest BCUT2D eigenvalue weighted by Crippen LogP contribution is 2.26. The molecule has 0 spiro atoms. The first-order chi connectivity index (χ1) is 12.5. The van der Waals surface area contributed by atoms with Crippen LogP contribution in [0.5, 0.6) is 0 Å². The lowest BCUT2D eigenvalue weighted by Gasteiger charge is -2.33. The molecule has 9 heteroatoms. The minimum absolute atomic E-state index is 0.163. The number of hydrogen-bond acceptors (Lipinski definition) is 6. The summed E-state index contributed by atoms with van der Waals surface area (Å²) in [5, 5.41) is 11.4. The number of carbonyl (C=O) groups excluding carboxylic acids is 1. The normalized spacial score (nSPS) is 17.8. The molecule has 0 radical (unpaired) electrons. The second-order valence-electron chi connectivity index (χ2n) is 7.16. The van der Waals surface area contributed by atoms with Crippen molar-refractivity contribution < 1.29 is 4.79 Å². The molecule has 1 fully saturated rings. The molecule has 142 valence electrons. The zero-order valence-electron chi connectivity index (χ0n) is 15.9. The van der Waals surface area contributed by atoms with Crippen molar-refractivity contribution in [3.8, 4) is 0 Å². The molecule has 0 bridgehead atoms. The number of aromatic nitrogens is 6. The van der Waals surface area contributed by atoms with Crippen molar-refractivity contribution >= 4 is 5.91 Å². The molecular formula is C17H28N8O. The molecule has 0 N–H and O–H groups in total. The zero-order chi connectivity index (χ0) is 18.5. The van der Waals surface area contributed by atoms with Crippen LogP contribution in [0.15, 0.2) is 12.4 Å². The molecule has 0 aromatic carbocycles. The molecule has 0 saturated carbocycles. The maximum atomic E-state index is 12.6. The lowest BCUT2D eigenvalue weighted by atomic mass is 9.96. The molecule has 1 aliphatic heterocycles. The number of carbonyl (C=O) groups is 1.